The van der Waals surface area contributed by atoms with E-state index in [0.717, 1.165) is 16.3 Å². The molecule has 0 bridgehead atoms. The summed E-state index contributed by atoms with van der Waals surface area (Å²) in [5.41, 5.74) is 2.13. The maximum Gasteiger partial charge on any atom is 0.312 e. The van der Waals surface area contributed by atoms with Gasteiger partial charge < -0.3 is 23.7 Å². The number of benzene rings is 4. The van der Waals surface area contributed by atoms with Gasteiger partial charge in [0.1, 0.15) is 40.2 Å². The van der Waals surface area contributed by atoms with E-state index in [1.807, 2.05) is 36.4 Å². The fourth-order valence-electron chi connectivity index (χ4n) is 5.14. The topological polar surface area (TPSA) is 95.2 Å². The van der Waals surface area contributed by atoms with Crippen LogP contribution < -0.4 is 19.6 Å². The summed E-state index contributed by atoms with van der Waals surface area (Å²) in [5, 5.41) is 12.7. The fraction of sp³-hybridized carbons (Fsp3) is 0.133. The maximum atomic E-state index is 13.6. The maximum absolute atomic E-state index is 13.6. The van der Waals surface area contributed by atoms with Crippen molar-refractivity contribution in [3.8, 4) is 34.1 Å². The normalized spacial score (nSPS) is 14.9. The van der Waals surface area contributed by atoms with Gasteiger partial charge in [-0.15, -0.1) is 0 Å². The van der Waals surface area contributed by atoms with Crippen LogP contribution in [-0.4, -0.2) is 25.3 Å². The number of hydrogen-bond acceptors (Lipinski definition) is 7. The molecule has 1 unspecified atom stereocenters. The molecule has 37 heavy (non-hydrogen) atoms. The lowest BCUT2D eigenvalue weighted by molar-refractivity contribution is -0.135. The summed E-state index contributed by atoms with van der Waals surface area (Å²) in [6.45, 7) is 0. The first kappa shape index (κ1) is 22.7. The van der Waals surface area contributed by atoms with E-state index in [9.17, 15) is 14.7 Å². The van der Waals surface area contributed by atoms with Crippen molar-refractivity contribution in [2.24, 2.45) is 0 Å². The molecule has 1 atom stereocenters. The number of phenolic OH excluding ortho intramolecular Hbond substituents is 1. The van der Waals surface area contributed by atoms with Gasteiger partial charge in [0.2, 0.25) is 5.43 Å². The zero-order valence-electron chi connectivity index (χ0n) is 20.1. The highest BCUT2D eigenvalue weighted by Crippen LogP contribution is 2.47. The predicted molar refractivity (Wildman–Crippen MR) is 139 cm³/mol. The molecule has 0 amide bonds. The second-order valence-corrected chi connectivity index (χ2v) is 8.85. The molecular formula is C30H22O7. The Hall–Kier alpha value is -4.78. The number of methoxy groups -OCH3 is 2. The van der Waals surface area contributed by atoms with Crippen molar-refractivity contribution in [2.75, 3.05) is 14.2 Å². The van der Waals surface area contributed by atoms with Gasteiger partial charge in [0.05, 0.1) is 26.2 Å². The Morgan fingerprint density at radius 1 is 0.919 bits per heavy atom. The van der Waals surface area contributed by atoms with Crippen molar-refractivity contribution < 1.29 is 28.5 Å². The molecule has 1 aliphatic rings. The number of phenols is 1. The van der Waals surface area contributed by atoms with Gasteiger partial charge >= 0.3 is 5.97 Å². The van der Waals surface area contributed by atoms with Crippen LogP contribution in [0.15, 0.2) is 82.2 Å². The SMILES string of the molecule is COc1ccc(-c2coc3c4c(cc(O)c3c2=O)OC(=O)CC4c2ccc(OC)c3ccccc23)cc1. The van der Waals surface area contributed by atoms with E-state index in [0.29, 0.717) is 28.2 Å². The Kier molecular flexibility index (Phi) is 5.34. The van der Waals surface area contributed by atoms with Crippen molar-refractivity contribution in [3.63, 3.8) is 0 Å². The van der Waals surface area contributed by atoms with Gasteiger partial charge in [0.25, 0.3) is 0 Å². The third-order valence-corrected chi connectivity index (χ3v) is 6.88. The number of ether oxygens (including phenoxy) is 3. The molecule has 7 nitrogen and oxygen atoms in total. The third-order valence-electron chi connectivity index (χ3n) is 6.88. The molecule has 0 spiro atoms. The highest BCUT2D eigenvalue weighted by molar-refractivity contribution is 5.97. The van der Waals surface area contributed by atoms with Crippen molar-refractivity contribution >= 4 is 27.7 Å². The van der Waals surface area contributed by atoms with Crippen molar-refractivity contribution in [1.82, 2.24) is 0 Å². The molecule has 1 aromatic heterocycles. The number of aromatic hydroxyl groups is 1. The quantitative estimate of drug-likeness (QED) is 0.250. The fourth-order valence-corrected chi connectivity index (χ4v) is 5.14. The second kappa shape index (κ2) is 8.71. The average molecular weight is 494 g/mol. The van der Waals surface area contributed by atoms with E-state index in [4.69, 9.17) is 18.6 Å². The molecule has 0 radical (unpaired) electrons. The van der Waals surface area contributed by atoms with Gasteiger partial charge in [-0.3, -0.25) is 9.59 Å². The van der Waals surface area contributed by atoms with Crippen molar-refractivity contribution in [2.45, 2.75) is 12.3 Å². The van der Waals surface area contributed by atoms with E-state index in [2.05, 4.69) is 0 Å². The molecule has 4 aromatic carbocycles. The standard InChI is InChI=1S/C30H22O7/c1-34-17-9-7-16(8-10-17)22-15-36-30-27-21(13-26(32)37-25(27)14-23(31)28(30)29(22)33)19-11-12-24(35-2)20-6-4-3-5-18(19)20/h3-12,14-15,21,31H,13H2,1-2H3. The molecule has 5 aromatic rings. The minimum absolute atomic E-state index is 0.0350. The van der Waals surface area contributed by atoms with Crippen LogP contribution in [0.1, 0.15) is 23.5 Å². The average Bonchev–Trinajstić information content (AvgIpc) is 2.92. The van der Waals surface area contributed by atoms with Crippen LogP contribution in [0, 0.1) is 0 Å². The summed E-state index contributed by atoms with van der Waals surface area (Å²) < 4.78 is 22.3. The molecule has 0 saturated carbocycles. The molecule has 2 heterocycles. The zero-order chi connectivity index (χ0) is 25.7. The van der Waals surface area contributed by atoms with Crippen LogP contribution in [-0.2, 0) is 4.79 Å². The van der Waals surface area contributed by atoms with Gasteiger partial charge in [-0.1, -0.05) is 42.5 Å². The Labute approximate surface area is 211 Å². The van der Waals surface area contributed by atoms with Crippen molar-refractivity contribution in [3.05, 3.63) is 94.3 Å². The van der Waals surface area contributed by atoms with Gasteiger partial charge in [-0.2, -0.15) is 0 Å². The molecule has 0 saturated heterocycles. The smallest absolute Gasteiger partial charge is 0.312 e. The molecule has 1 N–H and O–H groups in total. The van der Waals surface area contributed by atoms with Gasteiger partial charge in [-0.25, -0.2) is 0 Å². The van der Waals surface area contributed by atoms with E-state index in [-0.39, 0.29) is 34.3 Å². The Morgan fingerprint density at radius 3 is 2.41 bits per heavy atom. The first-order valence-electron chi connectivity index (χ1n) is 11.7. The summed E-state index contributed by atoms with van der Waals surface area (Å²) in [7, 11) is 3.18. The molecule has 0 aliphatic carbocycles. The number of fused-ring (bicyclic) bond motifs is 4. The number of hydrogen-bond donors (Lipinski definition) is 1. The van der Waals surface area contributed by atoms with Gasteiger partial charge in [0.15, 0.2) is 0 Å². The predicted octanol–water partition coefficient (Wildman–Crippen LogP) is 5.78. The lowest BCUT2D eigenvalue weighted by atomic mass is 9.82. The molecule has 0 fully saturated rings. The summed E-state index contributed by atoms with van der Waals surface area (Å²) >= 11 is 0. The van der Waals surface area contributed by atoms with Crippen LogP contribution >= 0.6 is 0 Å². The van der Waals surface area contributed by atoms with E-state index in [1.54, 1.807) is 38.5 Å². The van der Waals surface area contributed by atoms with Gasteiger partial charge in [-0.05, 0) is 34.7 Å². The molecule has 184 valence electrons. The highest BCUT2D eigenvalue weighted by atomic mass is 16.5. The zero-order valence-corrected chi connectivity index (χ0v) is 20.1. The molecule has 6 rings (SSSR count). The van der Waals surface area contributed by atoms with Crippen molar-refractivity contribution in [1.29, 1.82) is 0 Å². The van der Waals surface area contributed by atoms with Gasteiger partial charge in [0, 0.05) is 22.9 Å². The lowest BCUT2D eigenvalue weighted by Crippen LogP contribution is -2.22. The number of rotatable bonds is 4. The van der Waals surface area contributed by atoms with E-state index >= 15 is 0 Å². The minimum atomic E-state index is -0.467. The Bertz CT molecular complexity index is 1750. The van der Waals surface area contributed by atoms with Crippen LogP contribution in [0.25, 0.3) is 32.9 Å². The summed E-state index contributed by atoms with van der Waals surface area (Å²) in [6.07, 6.45) is 1.43. The third kappa shape index (κ3) is 3.59. The molecule has 1 aliphatic heterocycles. The Morgan fingerprint density at radius 2 is 1.68 bits per heavy atom. The highest BCUT2D eigenvalue weighted by Gasteiger charge is 2.34. The first-order valence-corrected chi connectivity index (χ1v) is 11.7. The van der Waals surface area contributed by atoms with Crippen LogP contribution in [0.4, 0.5) is 0 Å². The summed E-state index contributed by atoms with van der Waals surface area (Å²) in [4.78, 5) is 26.3. The summed E-state index contributed by atoms with van der Waals surface area (Å²) in [6, 6.07) is 19.8. The van der Waals surface area contributed by atoms with Crippen LogP contribution in [0.3, 0.4) is 0 Å². The minimum Gasteiger partial charge on any atom is -0.507 e. The number of esters is 1. The van der Waals surface area contributed by atoms with E-state index < -0.39 is 11.9 Å². The molecular weight excluding hydrogens is 472 g/mol. The second-order valence-electron chi connectivity index (χ2n) is 8.85. The lowest BCUT2D eigenvalue weighted by Gasteiger charge is -2.27. The first-order chi connectivity index (χ1) is 18.0. The van der Waals surface area contributed by atoms with E-state index in [1.165, 1.54) is 12.3 Å². The Balaban J connectivity index is 1.61. The van der Waals surface area contributed by atoms with Crippen LogP contribution in [0.2, 0.25) is 0 Å². The van der Waals surface area contributed by atoms with Crippen LogP contribution in [0.5, 0.6) is 23.0 Å². The monoisotopic (exact) mass is 494 g/mol. The number of carbonyl (C=O) groups excluding carboxylic acids is 1. The largest absolute Gasteiger partial charge is 0.507 e. The number of carbonyl (C=O) groups is 1. The molecule has 7 heteroatoms. The summed E-state index contributed by atoms with van der Waals surface area (Å²) in [5.74, 6) is 0.322.